The van der Waals surface area contributed by atoms with Gasteiger partial charge in [0, 0.05) is 15.6 Å². The van der Waals surface area contributed by atoms with Crippen LogP contribution in [0.15, 0.2) is 33.9 Å². The summed E-state index contributed by atoms with van der Waals surface area (Å²) in [7, 11) is 6.23. The number of benzene rings is 2. The normalized spacial score (nSPS) is 10.7. The molecule has 0 fully saturated rings. The summed E-state index contributed by atoms with van der Waals surface area (Å²) in [5.41, 5.74) is 1.59. The van der Waals surface area contributed by atoms with Gasteiger partial charge in [0.15, 0.2) is 23.0 Å². The third-order valence-electron chi connectivity index (χ3n) is 3.50. The Labute approximate surface area is 165 Å². The van der Waals surface area contributed by atoms with Crippen molar-refractivity contribution >= 4 is 33.7 Å². The molecule has 0 spiro atoms. The number of nitrogens with zero attached hydrogens (tertiary/aromatic N) is 1. The molecule has 0 heterocycles. The lowest BCUT2D eigenvalue weighted by Crippen LogP contribution is -1.96. The van der Waals surface area contributed by atoms with Crippen molar-refractivity contribution in [2.24, 2.45) is 5.16 Å². The summed E-state index contributed by atoms with van der Waals surface area (Å²) in [4.78, 5) is 5.38. The average molecular weight is 445 g/mol. The highest BCUT2D eigenvalue weighted by atomic mass is 79.9. The molecule has 26 heavy (non-hydrogen) atoms. The van der Waals surface area contributed by atoms with Crippen molar-refractivity contribution < 1.29 is 23.8 Å². The first kappa shape index (κ1) is 20.2. The van der Waals surface area contributed by atoms with Gasteiger partial charge in [0.25, 0.3) is 0 Å². The molecule has 140 valence electrons. The van der Waals surface area contributed by atoms with E-state index in [2.05, 4.69) is 21.1 Å². The Bertz CT molecular complexity index is 798. The van der Waals surface area contributed by atoms with Gasteiger partial charge in [-0.3, -0.25) is 0 Å². The minimum Gasteiger partial charge on any atom is -0.493 e. The van der Waals surface area contributed by atoms with Crippen molar-refractivity contribution in [3.8, 4) is 23.0 Å². The van der Waals surface area contributed by atoms with Crippen molar-refractivity contribution in [1.82, 2.24) is 0 Å². The molecule has 0 aliphatic carbocycles. The molecule has 0 N–H and O–H groups in total. The van der Waals surface area contributed by atoms with Crippen LogP contribution >= 0.6 is 27.5 Å². The predicted octanol–water partition coefficient (Wildman–Crippen LogP) is 4.69. The van der Waals surface area contributed by atoms with Gasteiger partial charge in [0.2, 0.25) is 0 Å². The molecule has 0 bridgehead atoms. The maximum Gasteiger partial charge on any atom is 0.179 e. The van der Waals surface area contributed by atoms with Gasteiger partial charge in [-0.1, -0.05) is 32.7 Å². The van der Waals surface area contributed by atoms with Crippen LogP contribution in [0.5, 0.6) is 23.0 Å². The summed E-state index contributed by atoms with van der Waals surface area (Å²) < 4.78 is 21.8. The monoisotopic (exact) mass is 443 g/mol. The third-order valence-corrected chi connectivity index (χ3v) is 4.52. The van der Waals surface area contributed by atoms with E-state index in [0.717, 1.165) is 15.6 Å². The zero-order valence-electron chi connectivity index (χ0n) is 14.8. The van der Waals surface area contributed by atoms with Crippen LogP contribution in [0, 0.1) is 0 Å². The molecule has 0 radical (unpaired) electrons. The number of rotatable bonds is 8. The van der Waals surface area contributed by atoms with Crippen LogP contribution < -0.4 is 18.9 Å². The lowest BCUT2D eigenvalue weighted by atomic mass is 10.2. The van der Waals surface area contributed by atoms with Crippen LogP contribution in [0.3, 0.4) is 0 Å². The number of hydrogen-bond acceptors (Lipinski definition) is 6. The van der Waals surface area contributed by atoms with E-state index in [0.29, 0.717) is 28.0 Å². The molecule has 0 saturated carbocycles. The molecule has 0 aromatic heterocycles. The van der Waals surface area contributed by atoms with E-state index in [1.807, 2.05) is 12.1 Å². The number of oxime groups is 1. The van der Waals surface area contributed by atoms with Gasteiger partial charge in [-0.15, -0.1) is 0 Å². The van der Waals surface area contributed by atoms with Crippen LogP contribution in [-0.2, 0) is 11.4 Å². The molecule has 0 aliphatic rings. The molecule has 2 aromatic rings. The largest absolute Gasteiger partial charge is 0.493 e. The molecule has 2 aromatic carbocycles. The smallest absolute Gasteiger partial charge is 0.179 e. The molecule has 0 aliphatic heterocycles. The van der Waals surface area contributed by atoms with E-state index in [1.165, 1.54) is 7.11 Å². The molecular formula is C18H19BrClNO5. The van der Waals surface area contributed by atoms with Crippen LogP contribution in [0.4, 0.5) is 0 Å². The highest BCUT2D eigenvalue weighted by molar-refractivity contribution is 9.10. The summed E-state index contributed by atoms with van der Waals surface area (Å²) in [6, 6.07) is 7.10. The fraction of sp³-hybridized carbons (Fsp3) is 0.278. The van der Waals surface area contributed by atoms with Crippen molar-refractivity contribution in [2.45, 2.75) is 6.61 Å². The van der Waals surface area contributed by atoms with Gasteiger partial charge < -0.3 is 23.8 Å². The number of halogens is 2. The summed E-state index contributed by atoms with van der Waals surface area (Å²) in [6.07, 6.45) is 1.54. The topological polar surface area (TPSA) is 58.5 Å². The van der Waals surface area contributed by atoms with E-state index < -0.39 is 0 Å². The van der Waals surface area contributed by atoms with E-state index in [9.17, 15) is 0 Å². The zero-order chi connectivity index (χ0) is 19.1. The fourth-order valence-electron chi connectivity index (χ4n) is 2.22. The molecular weight excluding hydrogens is 426 g/mol. The molecule has 0 unspecified atom stereocenters. The van der Waals surface area contributed by atoms with E-state index in [1.54, 1.807) is 39.7 Å². The lowest BCUT2D eigenvalue weighted by molar-refractivity contribution is 0.131. The fourth-order valence-corrected chi connectivity index (χ4v) is 2.96. The Hall–Kier alpha value is -2.12. The van der Waals surface area contributed by atoms with Crippen molar-refractivity contribution in [3.05, 3.63) is 44.9 Å². The Balaban J connectivity index is 2.09. The first-order valence-corrected chi connectivity index (χ1v) is 8.68. The maximum atomic E-state index is 6.17. The van der Waals surface area contributed by atoms with Gasteiger partial charge in [-0.25, -0.2) is 0 Å². The standard InChI is InChI=1S/C18H19BrClNO5/c1-22-15-7-12(13(19)8-16(15)23-2)10-26-21-9-11-5-14(20)18(25-4)17(6-11)24-3/h5-9H,10H2,1-4H3/b21-9+. The van der Waals surface area contributed by atoms with E-state index in [4.69, 9.17) is 35.4 Å². The van der Waals surface area contributed by atoms with Crippen LogP contribution in [0.2, 0.25) is 5.02 Å². The van der Waals surface area contributed by atoms with Gasteiger partial charge in [0.05, 0.1) is 39.7 Å². The summed E-state index contributed by atoms with van der Waals surface area (Å²) in [5.74, 6) is 2.24. The van der Waals surface area contributed by atoms with Crippen LogP contribution in [0.1, 0.15) is 11.1 Å². The van der Waals surface area contributed by atoms with Crippen molar-refractivity contribution in [2.75, 3.05) is 28.4 Å². The first-order valence-electron chi connectivity index (χ1n) is 7.51. The quantitative estimate of drug-likeness (QED) is 0.437. The maximum absolute atomic E-state index is 6.17. The molecule has 0 amide bonds. The molecule has 2 rings (SSSR count). The predicted molar refractivity (Wildman–Crippen MR) is 104 cm³/mol. The Kier molecular flexibility index (Phi) is 7.41. The number of ether oxygens (including phenoxy) is 4. The highest BCUT2D eigenvalue weighted by Gasteiger charge is 2.11. The van der Waals surface area contributed by atoms with E-state index >= 15 is 0 Å². The van der Waals surface area contributed by atoms with Crippen molar-refractivity contribution in [1.29, 1.82) is 0 Å². The number of methoxy groups -OCH3 is 4. The summed E-state index contributed by atoms with van der Waals surface area (Å²) >= 11 is 9.64. The Morgan fingerprint density at radius 1 is 0.923 bits per heavy atom. The van der Waals surface area contributed by atoms with Crippen molar-refractivity contribution in [3.63, 3.8) is 0 Å². The molecule has 6 nitrogen and oxygen atoms in total. The Morgan fingerprint density at radius 2 is 1.58 bits per heavy atom. The molecule has 0 saturated heterocycles. The second-order valence-electron chi connectivity index (χ2n) is 5.04. The zero-order valence-corrected chi connectivity index (χ0v) is 17.2. The lowest BCUT2D eigenvalue weighted by Gasteiger charge is -2.11. The highest BCUT2D eigenvalue weighted by Crippen LogP contribution is 2.36. The van der Waals surface area contributed by atoms with Crippen LogP contribution in [0.25, 0.3) is 0 Å². The second-order valence-corrected chi connectivity index (χ2v) is 6.31. The second kappa shape index (κ2) is 9.54. The Morgan fingerprint density at radius 3 is 2.19 bits per heavy atom. The minimum absolute atomic E-state index is 0.248. The van der Waals surface area contributed by atoms with Crippen LogP contribution in [-0.4, -0.2) is 34.7 Å². The molecule has 0 atom stereocenters. The summed E-state index contributed by atoms with van der Waals surface area (Å²) in [5, 5.41) is 4.40. The minimum atomic E-state index is 0.248. The summed E-state index contributed by atoms with van der Waals surface area (Å²) in [6.45, 7) is 0.248. The van der Waals surface area contributed by atoms with Gasteiger partial charge in [0.1, 0.15) is 6.61 Å². The van der Waals surface area contributed by atoms with E-state index in [-0.39, 0.29) is 6.61 Å². The van der Waals surface area contributed by atoms with Gasteiger partial charge >= 0.3 is 0 Å². The average Bonchev–Trinajstić information content (AvgIpc) is 2.65. The van der Waals surface area contributed by atoms with Gasteiger partial charge in [-0.2, -0.15) is 0 Å². The SMILES string of the molecule is COc1cc(Br)c(CO/N=C/c2cc(Cl)c(OC)c(OC)c2)cc1OC. The third kappa shape index (κ3) is 4.74. The molecule has 8 heteroatoms. The number of hydrogen-bond donors (Lipinski definition) is 0. The van der Waals surface area contributed by atoms with Gasteiger partial charge in [-0.05, 0) is 24.3 Å². The first-order chi connectivity index (χ1) is 12.5.